The van der Waals surface area contributed by atoms with E-state index in [4.69, 9.17) is 5.11 Å². The zero-order valence-corrected chi connectivity index (χ0v) is 11.0. The molecule has 3 heteroatoms. The van der Waals surface area contributed by atoms with E-state index in [0.29, 0.717) is 10.8 Å². The second kappa shape index (κ2) is 5.87. The van der Waals surface area contributed by atoms with Crippen LogP contribution in [0.2, 0.25) is 0 Å². The van der Waals surface area contributed by atoms with E-state index in [1.54, 1.807) is 17.8 Å². The molecule has 1 N–H and O–H groups in total. The third-order valence-electron chi connectivity index (χ3n) is 3.30. The SMILES string of the molecule is CC1CCCC(Sc2cc(F)cc(CO)c2)C1. The summed E-state index contributed by atoms with van der Waals surface area (Å²) in [5, 5.41) is 9.66. The maximum atomic E-state index is 13.3. The van der Waals surface area contributed by atoms with Gasteiger partial charge in [0, 0.05) is 10.1 Å². The first-order valence-corrected chi connectivity index (χ1v) is 7.12. The van der Waals surface area contributed by atoms with Gasteiger partial charge in [0.1, 0.15) is 5.82 Å². The van der Waals surface area contributed by atoms with Gasteiger partial charge in [0.15, 0.2) is 0 Å². The van der Waals surface area contributed by atoms with Crippen LogP contribution in [0, 0.1) is 11.7 Å². The third-order valence-corrected chi connectivity index (χ3v) is 4.57. The van der Waals surface area contributed by atoms with Crippen LogP contribution in [0.3, 0.4) is 0 Å². The molecule has 0 heterocycles. The van der Waals surface area contributed by atoms with Crippen molar-refractivity contribution in [2.24, 2.45) is 5.92 Å². The molecule has 1 saturated carbocycles. The summed E-state index contributed by atoms with van der Waals surface area (Å²) in [6.07, 6.45) is 5.04. The van der Waals surface area contributed by atoms with E-state index < -0.39 is 0 Å². The molecule has 0 amide bonds. The normalized spacial score (nSPS) is 24.9. The highest BCUT2D eigenvalue weighted by Crippen LogP contribution is 2.36. The number of hydrogen-bond donors (Lipinski definition) is 1. The van der Waals surface area contributed by atoms with Gasteiger partial charge in [-0.15, -0.1) is 11.8 Å². The van der Waals surface area contributed by atoms with Gasteiger partial charge in [-0.3, -0.25) is 0 Å². The van der Waals surface area contributed by atoms with E-state index >= 15 is 0 Å². The molecule has 2 atom stereocenters. The fourth-order valence-corrected chi connectivity index (χ4v) is 3.95. The van der Waals surface area contributed by atoms with Crippen LogP contribution in [0.25, 0.3) is 0 Å². The van der Waals surface area contributed by atoms with Crippen molar-refractivity contribution in [2.75, 3.05) is 0 Å². The number of hydrogen-bond acceptors (Lipinski definition) is 2. The monoisotopic (exact) mass is 254 g/mol. The van der Waals surface area contributed by atoms with Crippen LogP contribution in [-0.2, 0) is 6.61 Å². The van der Waals surface area contributed by atoms with E-state index in [1.165, 1.54) is 31.7 Å². The maximum absolute atomic E-state index is 13.3. The van der Waals surface area contributed by atoms with E-state index in [9.17, 15) is 4.39 Å². The van der Waals surface area contributed by atoms with Crippen molar-refractivity contribution in [3.05, 3.63) is 29.6 Å². The van der Waals surface area contributed by atoms with Crippen LogP contribution < -0.4 is 0 Å². The highest BCUT2D eigenvalue weighted by Gasteiger charge is 2.20. The summed E-state index contributed by atoms with van der Waals surface area (Å²) in [4.78, 5) is 0.952. The summed E-state index contributed by atoms with van der Waals surface area (Å²) in [5.74, 6) is 0.537. The minimum absolute atomic E-state index is 0.0909. The molecule has 0 aliphatic heterocycles. The largest absolute Gasteiger partial charge is 0.392 e. The van der Waals surface area contributed by atoms with Gasteiger partial charge in [-0.05, 0) is 42.5 Å². The van der Waals surface area contributed by atoms with Crippen molar-refractivity contribution in [2.45, 2.75) is 49.4 Å². The number of rotatable bonds is 3. The van der Waals surface area contributed by atoms with Gasteiger partial charge in [-0.25, -0.2) is 4.39 Å². The Labute approximate surface area is 106 Å². The Morgan fingerprint density at radius 1 is 1.35 bits per heavy atom. The Morgan fingerprint density at radius 3 is 2.88 bits per heavy atom. The molecule has 0 spiro atoms. The molecule has 1 aromatic rings. The van der Waals surface area contributed by atoms with Crippen molar-refractivity contribution >= 4 is 11.8 Å². The molecule has 1 aromatic carbocycles. The van der Waals surface area contributed by atoms with Crippen LogP contribution >= 0.6 is 11.8 Å². The lowest BCUT2D eigenvalue weighted by molar-refractivity contribution is 0.281. The van der Waals surface area contributed by atoms with Crippen molar-refractivity contribution < 1.29 is 9.50 Å². The van der Waals surface area contributed by atoms with Crippen LogP contribution in [0.15, 0.2) is 23.1 Å². The fraction of sp³-hybridized carbons (Fsp3) is 0.571. The van der Waals surface area contributed by atoms with Crippen molar-refractivity contribution in [3.8, 4) is 0 Å². The molecular weight excluding hydrogens is 235 g/mol. The summed E-state index contributed by atoms with van der Waals surface area (Å²) < 4.78 is 13.3. The second-order valence-electron chi connectivity index (χ2n) is 4.96. The Hall–Kier alpha value is -0.540. The summed E-state index contributed by atoms with van der Waals surface area (Å²) in [7, 11) is 0. The van der Waals surface area contributed by atoms with Crippen LogP contribution in [-0.4, -0.2) is 10.4 Å². The molecule has 1 aliphatic carbocycles. The number of aliphatic hydroxyl groups excluding tert-OH is 1. The van der Waals surface area contributed by atoms with Gasteiger partial charge in [0.05, 0.1) is 6.61 Å². The molecule has 2 unspecified atom stereocenters. The fourth-order valence-electron chi connectivity index (χ4n) is 2.46. The van der Waals surface area contributed by atoms with Gasteiger partial charge in [-0.2, -0.15) is 0 Å². The van der Waals surface area contributed by atoms with Crippen LogP contribution in [0.1, 0.15) is 38.2 Å². The lowest BCUT2D eigenvalue weighted by Gasteiger charge is -2.26. The van der Waals surface area contributed by atoms with Gasteiger partial charge in [0.25, 0.3) is 0 Å². The Kier molecular flexibility index (Phi) is 4.46. The van der Waals surface area contributed by atoms with Crippen LogP contribution in [0.5, 0.6) is 0 Å². The molecular formula is C14H19FOS. The number of benzene rings is 1. The average molecular weight is 254 g/mol. The first-order valence-electron chi connectivity index (χ1n) is 6.24. The van der Waals surface area contributed by atoms with Gasteiger partial charge in [-0.1, -0.05) is 19.8 Å². The molecule has 0 aromatic heterocycles. The summed E-state index contributed by atoms with van der Waals surface area (Å²) in [6, 6.07) is 4.86. The standard InChI is InChI=1S/C14H19FOS/c1-10-3-2-4-13(5-10)17-14-7-11(9-16)6-12(15)8-14/h6-8,10,13,16H,2-5,9H2,1H3. The molecule has 2 rings (SSSR count). The average Bonchev–Trinajstić information content (AvgIpc) is 2.28. The zero-order valence-electron chi connectivity index (χ0n) is 10.2. The van der Waals surface area contributed by atoms with Gasteiger partial charge >= 0.3 is 0 Å². The first-order chi connectivity index (χ1) is 8.17. The Morgan fingerprint density at radius 2 is 2.18 bits per heavy atom. The highest BCUT2D eigenvalue weighted by molar-refractivity contribution is 8.00. The minimum Gasteiger partial charge on any atom is -0.392 e. The van der Waals surface area contributed by atoms with Gasteiger partial charge in [0.2, 0.25) is 0 Å². The summed E-state index contributed by atoms with van der Waals surface area (Å²) >= 11 is 1.76. The molecule has 1 nitrogen and oxygen atoms in total. The van der Waals surface area contributed by atoms with Crippen molar-refractivity contribution in [1.29, 1.82) is 0 Å². The topological polar surface area (TPSA) is 20.2 Å². The Bertz CT molecular complexity index is 380. The van der Waals surface area contributed by atoms with Gasteiger partial charge < -0.3 is 5.11 Å². The number of aliphatic hydroxyl groups is 1. The second-order valence-corrected chi connectivity index (χ2v) is 6.34. The van der Waals surface area contributed by atoms with E-state index in [2.05, 4.69) is 6.92 Å². The molecule has 17 heavy (non-hydrogen) atoms. The predicted octanol–water partition coefficient (Wildman–Crippen LogP) is 3.99. The van der Waals surface area contributed by atoms with Crippen molar-refractivity contribution in [3.63, 3.8) is 0 Å². The van der Waals surface area contributed by atoms with E-state index in [0.717, 1.165) is 10.8 Å². The number of thioether (sulfide) groups is 1. The molecule has 94 valence electrons. The molecule has 0 bridgehead atoms. The van der Waals surface area contributed by atoms with E-state index in [1.807, 2.05) is 6.07 Å². The summed E-state index contributed by atoms with van der Waals surface area (Å²) in [5.41, 5.74) is 0.663. The number of halogens is 1. The Balaban J connectivity index is 2.04. The minimum atomic E-state index is -0.247. The molecule has 1 aliphatic rings. The van der Waals surface area contributed by atoms with E-state index in [-0.39, 0.29) is 12.4 Å². The predicted molar refractivity (Wildman–Crippen MR) is 69.6 cm³/mol. The third kappa shape index (κ3) is 3.71. The lowest BCUT2D eigenvalue weighted by Crippen LogP contribution is -2.14. The smallest absolute Gasteiger partial charge is 0.124 e. The van der Waals surface area contributed by atoms with Crippen molar-refractivity contribution in [1.82, 2.24) is 0 Å². The molecule has 0 saturated heterocycles. The lowest BCUT2D eigenvalue weighted by atomic mass is 9.91. The highest BCUT2D eigenvalue weighted by atomic mass is 32.2. The first kappa shape index (κ1) is 12.9. The molecule has 0 radical (unpaired) electrons. The van der Waals surface area contributed by atoms with Crippen LogP contribution in [0.4, 0.5) is 4.39 Å². The molecule has 1 fully saturated rings. The quantitative estimate of drug-likeness (QED) is 0.880. The maximum Gasteiger partial charge on any atom is 0.124 e. The zero-order chi connectivity index (χ0) is 12.3. The summed E-state index contributed by atoms with van der Waals surface area (Å²) in [6.45, 7) is 2.20.